The van der Waals surface area contributed by atoms with Crippen LogP contribution < -0.4 is 0 Å². The molecule has 1 spiro atoms. The molecule has 4 heteroatoms. The second-order valence-electron chi connectivity index (χ2n) is 8.42. The van der Waals surface area contributed by atoms with Crippen molar-refractivity contribution in [2.24, 2.45) is 11.3 Å². The van der Waals surface area contributed by atoms with Gasteiger partial charge in [0.2, 0.25) is 5.91 Å². The number of rotatable bonds is 4. The highest BCUT2D eigenvalue weighted by atomic mass is 16.2. The lowest BCUT2D eigenvalue weighted by molar-refractivity contribution is -0.150. The van der Waals surface area contributed by atoms with Crippen LogP contribution in [0.2, 0.25) is 0 Å². The molecular formula is C22H31N3O. The Morgan fingerprint density at radius 2 is 1.88 bits per heavy atom. The Kier molecular flexibility index (Phi) is 5.39. The Morgan fingerprint density at radius 1 is 1.08 bits per heavy atom. The van der Waals surface area contributed by atoms with Crippen LogP contribution in [0.25, 0.3) is 0 Å². The highest BCUT2D eigenvalue weighted by Crippen LogP contribution is 2.41. The fourth-order valence-corrected chi connectivity index (χ4v) is 5.03. The number of likely N-dealkylation sites (tertiary alicyclic amines) is 2. The van der Waals surface area contributed by atoms with Gasteiger partial charge in [-0.05, 0) is 81.6 Å². The van der Waals surface area contributed by atoms with Crippen molar-refractivity contribution in [3.63, 3.8) is 0 Å². The molecule has 4 rings (SSSR count). The van der Waals surface area contributed by atoms with Crippen molar-refractivity contribution in [2.45, 2.75) is 51.5 Å². The van der Waals surface area contributed by atoms with Gasteiger partial charge in [0.1, 0.15) is 0 Å². The first-order chi connectivity index (χ1) is 12.8. The zero-order valence-electron chi connectivity index (χ0n) is 15.8. The summed E-state index contributed by atoms with van der Waals surface area (Å²) in [7, 11) is 0. The fraction of sp³-hybridized carbons (Fsp3) is 0.636. The molecule has 4 nitrogen and oxygen atoms in total. The normalized spacial score (nSPS) is 26.4. The van der Waals surface area contributed by atoms with Gasteiger partial charge in [-0.3, -0.25) is 9.78 Å². The Balaban J connectivity index is 1.34. The number of piperidine rings is 2. The number of aromatic nitrogens is 1. The molecule has 140 valence electrons. The Morgan fingerprint density at radius 3 is 2.62 bits per heavy atom. The molecule has 1 aliphatic carbocycles. The molecule has 26 heavy (non-hydrogen) atoms. The molecular weight excluding hydrogens is 322 g/mol. The Labute approximate surface area is 157 Å². The molecule has 0 aromatic carbocycles. The van der Waals surface area contributed by atoms with E-state index in [4.69, 9.17) is 0 Å². The van der Waals surface area contributed by atoms with E-state index in [9.17, 15) is 4.79 Å². The molecule has 1 atom stereocenters. The lowest BCUT2D eigenvalue weighted by Crippen LogP contribution is -2.53. The predicted octanol–water partition coefficient (Wildman–Crippen LogP) is 3.64. The Hall–Kier alpha value is -1.68. The zero-order chi connectivity index (χ0) is 17.8. The zero-order valence-corrected chi connectivity index (χ0v) is 15.8. The summed E-state index contributed by atoms with van der Waals surface area (Å²) in [5, 5.41) is 0. The summed E-state index contributed by atoms with van der Waals surface area (Å²) in [6.07, 6.45) is 16.4. The first-order valence-corrected chi connectivity index (χ1v) is 10.3. The van der Waals surface area contributed by atoms with E-state index in [1.807, 2.05) is 24.5 Å². The monoisotopic (exact) mass is 353 g/mol. The highest BCUT2D eigenvalue weighted by Gasteiger charge is 2.45. The maximum atomic E-state index is 13.3. The van der Waals surface area contributed by atoms with E-state index < -0.39 is 0 Å². The third-order valence-corrected chi connectivity index (χ3v) is 6.65. The number of hydrogen-bond acceptors (Lipinski definition) is 3. The van der Waals surface area contributed by atoms with Gasteiger partial charge in [0.05, 0.1) is 5.41 Å². The van der Waals surface area contributed by atoms with Crippen molar-refractivity contribution in [3.05, 3.63) is 42.2 Å². The summed E-state index contributed by atoms with van der Waals surface area (Å²) in [6.45, 7) is 5.04. The van der Waals surface area contributed by atoms with E-state index in [0.717, 1.165) is 57.8 Å². The van der Waals surface area contributed by atoms with Crippen LogP contribution >= 0.6 is 0 Å². The molecule has 0 saturated carbocycles. The minimum absolute atomic E-state index is 0.0890. The average Bonchev–Trinajstić information content (AvgIpc) is 2.69. The quantitative estimate of drug-likeness (QED) is 0.776. The molecule has 2 fully saturated rings. The number of pyridine rings is 1. The predicted molar refractivity (Wildman–Crippen MR) is 103 cm³/mol. The second-order valence-corrected chi connectivity index (χ2v) is 8.42. The maximum Gasteiger partial charge on any atom is 0.229 e. The van der Waals surface area contributed by atoms with E-state index >= 15 is 0 Å². The number of allylic oxidation sites excluding steroid dienone is 2. The number of carbonyl (C=O) groups is 1. The molecule has 0 N–H and O–H groups in total. The standard InChI is InChI=1S/C22H31N3O/c26-21-22(9-4-14-25(21)18-20-7-12-23-13-8-20)10-15-24(16-11-22)17-19-5-2-1-3-6-19/h1-2,7-8,12-13,19H,3-6,9-11,14-18H2/t19-/m1/s1. The van der Waals surface area contributed by atoms with E-state index in [1.165, 1.54) is 31.4 Å². The smallest absolute Gasteiger partial charge is 0.229 e. The van der Waals surface area contributed by atoms with E-state index in [0.29, 0.717) is 5.91 Å². The molecule has 2 aliphatic heterocycles. The van der Waals surface area contributed by atoms with E-state index in [1.54, 1.807) is 0 Å². The Bertz CT molecular complexity index is 634. The van der Waals surface area contributed by atoms with Crippen LogP contribution in [0.1, 0.15) is 50.5 Å². The molecule has 0 bridgehead atoms. The number of hydrogen-bond donors (Lipinski definition) is 0. The lowest BCUT2D eigenvalue weighted by atomic mass is 9.71. The first kappa shape index (κ1) is 17.7. The molecule has 1 aromatic rings. The van der Waals surface area contributed by atoms with Gasteiger partial charge in [-0.1, -0.05) is 12.2 Å². The van der Waals surface area contributed by atoms with Gasteiger partial charge in [0, 0.05) is 32.0 Å². The van der Waals surface area contributed by atoms with Gasteiger partial charge in [0.15, 0.2) is 0 Å². The van der Waals surface area contributed by atoms with Crippen LogP contribution in [-0.4, -0.2) is 46.9 Å². The molecule has 0 unspecified atom stereocenters. The van der Waals surface area contributed by atoms with Gasteiger partial charge in [-0.25, -0.2) is 0 Å². The summed E-state index contributed by atoms with van der Waals surface area (Å²) in [5.74, 6) is 1.22. The van der Waals surface area contributed by atoms with Gasteiger partial charge in [0.25, 0.3) is 0 Å². The van der Waals surface area contributed by atoms with Crippen molar-refractivity contribution < 1.29 is 4.79 Å². The molecule has 2 saturated heterocycles. The summed E-state index contributed by atoms with van der Waals surface area (Å²) in [6, 6.07) is 4.05. The van der Waals surface area contributed by atoms with Gasteiger partial charge >= 0.3 is 0 Å². The van der Waals surface area contributed by atoms with Crippen molar-refractivity contribution in [1.82, 2.24) is 14.8 Å². The summed E-state index contributed by atoms with van der Waals surface area (Å²) < 4.78 is 0. The molecule has 0 radical (unpaired) electrons. The van der Waals surface area contributed by atoms with Gasteiger partial charge < -0.3 is 9.80 Å². The molecule has 3 heterocycles. The van der Waals surface area contributed by atoms with Crippen molar-refractivity contribution in [3.8, 4) is 0 Å². The molecule has 1 aromatic heterocycles. The van der Waals surface area contributed by atoms with Gasteiger partial charge in [-0.2, -0.15) is 0 Å². The van der Waals surface area contributed by atoms with Crippen molar-refractivity contribution in [1.29, 1.82) is 0 Å². The molecule has 3 aliphatic rings. The van der Waals surface area contributed by atoms with E-state index in [-0.39, 0.29) is 5.41 Å². The number of carbonyl (C=O) groups excluding carboxylic acids is 1. The topological polar surface area (TPSA) is 36.4 Å². The van der Waals surface area contributed by atoms with Crippen molar-refractivity contribution >= 4 is 5.91 Å². The summed E-state index contributed by atoms with van der Waals surface area (Å²) >= 11 is 0. The van der Waals surface area contributed by atoms with Crippen LogP contribution in [0.5, 0.6) is 0 Å². The molecule has 1 amide bonds. The number of amides is 1. The minimum atomic E-state index is -0.0890. The second kappa shape index (κ2) is 7.91. The number of nitrogens with zero attached hydrogens (tertiary/aromatic N) is 3. The van der Waals surface area contributed by atoms with Gasteiger partial charge in [-0.15, -0.1) is 0 Å². The van der Waals surface area contributed by atoms with E-state index in [2.05, 4.69) is 26.9 Å². The third-order valence-electron chi connectivity index (χ3n) is 6.65. The largest absolute Gasteiger partial charge is 0.338 e. The third kappa shape index (κ3) is 3.85. The van der Waals surface area contributed by atoms with Crippen molar-refractivity contribution in [2.75, 3.05) is 26.2 Å². The fourth-order valence-electron chi connectivity index (χ4n) is 5.03. The lowest BCUT2D eigenvalue weighted by Gasteiger charge is -2.47. The van der Waals surface area contributed by atoms with Crippen LogP contribution in [0.4, 0.5) is 0 Å². The highest BCUT2D eigenvalue weighted by molar-refractivity contribution is 5.83. The average molecular weight is 354 g/mol. The maximum absolute atomic E-state index is 13.3. The minimum Gasteiger partial charge on any atom is -0.338 e. The van der Waals surface area contributed by atoms with Crippen LogP contribution in [-0.2, 0) is 11.3 Å². The first-order valence-electron chi connectivity index (χ1n) is 10.3. The van der Waals surface area contributed by atoms with Crippen LogP contribution in [0, 0.1) is 11.3 Å². The van der Waals surface area contributed by atoms with Crippen LogP contribution in [0.15, 0.2) is 36.7 Å². The van der Waals surface area contributed by atoms with Crippen LogP contribution in [0.3, 0.4) is 0 Å². The summed E-state index contributed by atoms with van der Waals surface area (Å²) in [5.41, 5.74) is 1.10. The SMILES string of the molecule is O=C1N(Cc2ccncc2)CCCC12CCN(C[C@@H]1CC=CCC1)CC2. The summed E-state index contributed by atoms with van der Waals surface area (Å²) in [4.78, 5) is 22.1.